The molecule has 16 nitrogen and oxygen atoms in total. The molecule has 0 atom stereocenters. The Labute approximate surface area is 289 Å². The van der Waals surface area contributed by atoms with Gasteiger partial charge in [-0.15, -0.1) is 0 Å². The van der Waals surface area contributed by atoms with Crippen molar-refractivity contribution in [2.24, 2.45) is 0 Å². The van der Waals surface area contributed by atoms with Gasteiger partial charge in [0.05, 0.1) is 23.0 Å². The SMILES string of the molecule is Cc1cc(C#CS(=O)(=O)C(C)(C)Cn2nnc(Oc3ccc(C#Cc4ccc5[nH]ncc5c4)cc3)c2C(=O)O)cc(Oc2nn[nH]c2C(=O)O)c1. The van der Waals surface area contributed by atoms with E-state index >= 15 is 0 Å². The van der Waals surface area contributed by atoms with E-state index < -0.39 is 38.8 Å². The smallest absolute Gasteiger partial charge is 0.359 e. The van der Waals surface area contributed by atoms with Gasteiger partial charge in [-0.05, 0) is 92.9 Å². The first-order valence-electron chi connectivity index (χ1n) is 14.9. The van der Waals surface area contributed by atoms with Crippen molar-refractivity contribution in [3.63, 3.8) is 0 Å². The molecule has 0 saturated carbocycles. The number of aryl methyl sites for hydroxylation is 1. The topological polar surface area (TPSA) is 228 Å². The number of hydrogen-bond donors (Lipinski definition) is 4. The van der Waals surface area contributed by atoms with Crippen LogP contribution in [0.25, 0.3) is 10.9 Å². The maximum Gasteiger partial charge on any atom is 0.359 e. The number of carboxylic acids is 2. The number of carbonyl (C=O) groups is 2. The van der Waals surface area contributed by atoms with Crippen molar-refractivity contribution in [3.8, 4) is 46.3 Å². The highest BCUT2D eigenvalue weighted by Gasteiger charge is 2.36. The van der Waals surface area contributed by atoms with E-state index in [0.29, 0.717) is 11.1 Å². The van der Waals surface area contributed by atoms with Gasteiger partial charge in [0, 0.05) is 27.3 Å². The van der Waals surface area contributed by atoms with Crippen molar-refractivity contribution in [2.75, 3.05) is 0 Å². The van der Waals surface area contributed by atoms with Crippen LogP contribution in [0.5, 0.6) is 23.3 Å². The number of ether oxygens (including phenoxy) is 2. The molecule has 6 rings (SSSR count). The molecule has 0 amide bonds. The van der Waals surface area contributed by atoms with Crippen molar-refractivity contribution >= 4 is 32.7 Å². The van der Waals surface area contributed by atoms with Crippen LogP contribution in [0.2, 0.25) is 0 Å². The lowest BCUT2D eigenvalue weighted by Crippen LogP contribution is -2.37. The van der Waals surface area contributed by atoms with Gasteiger partial charge in [-0.2, -0.15) is 5.10 Å². The quantitative estimate of drug-likeness (QED) is 0.155. The number of carboxylic acid groups (broad SMARTS) is 2. The van der Waals surface area contributed by atoms with Crippen molar-refractivity contribution in [2.45, 2.75) is 32.1 Å². The standard InChI is InChI=1S/C34H26N8O8S/c1-20-14-23(17-26(15-20)50-30-28(32(43)44)37-40-38-30)12-13-51(47,48)34(2,3)19-42-29(33(45)46)31(39-41-42)49-25-9-6-21(7-10-25)4-5-22-8-11-27-24(16-22)18-35-36-27/h6-11,14-18H,19H2,1-3H3,(H,35,36)(H,43,44)(H,45,46)(H,37,38,40). The van der Waals surface area contributed by atoms with Gasteiger partial charge >= 0.3 is 11.9 Å². The van der Waals surface area contributed by atoms with E-state index in [9.17, 15) is 28.2 Å². The predicted molar refractivity (Wildman–Crippen MR) is 180 cm³/mol. The van der Waals surface area contributed by atoms with Crippen molar-refractivity contribution < 1.29 is 37.7 Å². The molecular weight excluding hydrogens is 680 g/mol. The minimum atomic E-state index is -4.23. The third kappa shape index (κ3) is 7.53. The monoisotopic (exact) mass is 706 g/mol. The number of sulfone groups is 1. The van der Waals surface area contributed by atoms with E-state index in [1.165, 1.54) is 19.9 Å². The largest absolute Gasteiger partial charge is 0.476 e. The molecule has 3 aromatic heterocycles. The van der Waals surface area contributed by atoms with E-state index in [4.69, 9.17) is 9.47 Å². The Hall–Kier alpha value is -6.98. The van der Waals surface area contributed by atoms with Crippen LogP contribution in [0, 0.1) is 29.9 Å². The van der Waals surface area contributed by atoms with Gasteiger partial charge in [-0.25, -0.2) is 27.8 Å². The number of benzene rings is 3. The summed E-state index contributed by atoms with van der Waals surface area (Å²) in [6.45, 7) is 4.04. The number of aromatic nitrogens is 8. The molecule has 3 aromatic carbocycles. The van der Waals surface area contributed by atoms with Gasteiger partial charge in [-0.1, -0.05) is 32.5 Å². The minimum Gasteiger partial charge on any atom is -0.476 e. The third-order valence-electron chi connectivity index (χ3n) is 7.35. The average molecular weight is 707 g/mol. The van der Waals surface area contributed by atoms with Crippen LogP contribution in [-0.4, -0.2) is 75.9 Å². The normalized spacial score (nSPS) is 11.3. The van der Waals surface area contributed by atoms with E-state index in [2.05, 4.69) is 58.9 Å². The van der Waals surface area contributed by atoms with Crippen LogP contribution < -0.4 is 9.47 Å². The van der Waals surface area contributed by atoms with Gasteiger partial charge in [0.1, 0.15) is 11.5 Å². The summed E-state index contributed by atoms with van der Waals surface area (Å²) in [6, 6.07) is 16.9. The van der Waals surface area contributed by atoms with Gasteiger partial charge in [0.25, 0.3) is 11.8 Å². The Balaban J connectivity index is 1.17. The molecule has 17 heteroatoms. The molecule has 256 valence electrons. The Kier molecular flexibility index (Phi) is 8.97. The molecule has 0 saturated heterocycles. The zero-order valence-corrected chi connectivity index (χ0v) is 27.8. The fourth-order valence-corrected chi connectivity index (χ4v) is 5.51. The number of H-pyrrole nitrogens is 2. The lowest BCUT2D eigenvalue weighted by Gasteiger charge is -2.21. The lowest BCUT2D eigenvalue weighted by atomic mass is 10.1. The van der Waals surface area contributed by atoms with Gasteiger partial charge in [0.2, 0.25) is 21.2 Å². The Morgan fingerprint density at radius 2 is 1.57 bits per heavy atom. The zero-order chi connectivity index (χ0) is 36.3. The molecule has 0 aliphatic carbocycles. The molecular formula is C34H26N8O8S. The van der Waals surface area contributed by atoms with Crippen LogP contribution in [0.4, 0.5) is 0 Å². The predicted octanol–water partition coefficient (Wildman–Crippen LogP) is 4.16. The zero-order valence-electron chi connectivity index (χ0n) is 27.0. The van der Waals surface area contributed by atoms with E-state index in [0.717, 1.165) is 21.1 Å². The molecule has 51 heavy (non-hydrogen) atoms. The minimum absolute atomic E-state index is 0.153. The summed E-state index contributed by atoms with van der Waals surface area (Å²) in [4.78, 5) is 23.6. The Morgan fingerprint density at radius 3 is 2.31 bits per heavy atom. The number of rotatable bonds is 9. The summed E-state index contributed by atoms with van der Waals surface area (Å²) < 4.78 is 37.4. The highest BCUT2D eigenvalue weighted by molar-refractivity contribution is 7.97. The third-order valence-corrected chi connectivity index (χ3v) is 9.31. The summed E-state index contributed by atoms with van der Waals surface area (Å²) in [5.41, 5.74) is 2.46. The molecule has 0 radical (unpaired) electrons. The molecule has 6 aromatic rings. The lowest BCUT2D eigenvalue weighted by molar-refractivity contribution is 0.0671. The molecule has 0 unspecified atom stereocenters. The van der Waals surface area contributed by atoms with E-state index in [1.807, 2.05) is 18.2 Å². The second kappa shape index (κ2) is 13.5. The van der Waals surface area contributed by atoms with Crippen molar-refractivity contribution in [3.05, 3.63) is 101 Å². The highest BCUT2D eigenvalue weighted by atomic mass is 32.2. The van der Waals surface area contributed by atoms with Gasteiger partial charge in [0.15, 0.2) is 0 Å². The van der Waals surface area contributed by atoms with Crippen LogP contribution >= 0.6 is 0 Å². The molecule has 0 spiro atoms. The fourth-order valence-electron chi connectivity index (χ4n) is 4.69. The Morgan fingerprint density at radius 1 is 0.843 bits per heavy atom. The maximum absolute atomic E-state index is 13.4. The summed E-state index contributed by atoms with van der Waals surface area (Å²) in [5, 5.41) is 46.3. The first-order valence-corrected chi connectivity index (χ1v) is 16.4. The van der Waals surface area contributed by atoms with Gasteiger partial charge < -0.3 is 19.7 Å². The molecule has 4 N–H and O–H groups in total. The van der Waals surface area contributed by atoms with E-state index in [1.54, 1.807) is 49.5 Å². The number of nitrogens with zero attached hydrogens (tertiary/aromatic N) is 6. The first kappa shape index (κ1) is 33.9. The molecule has 0 bridgehead atoms. The van der Waals surface area contributed by atoms with Gasteiger partial charge in [-0.3, -0.25) is 5.10 Å². The average Bonchev–Trinajstić information content (AvgIpc) is 3.83. The Bertz CT molecular complexity index is 2550. The van der Waals surface area contributed by atoms with Crippen molar-refractivity contribution in [1.29, 1.82) is 0 Å². The summed E-state index contributed by atoms with van der Waals surface area (Å²) >= 11 is 0. The number of aromatic amines is 2. The maximum atomic E-state index is 13.4. The van der Waals surface area contributed by atoms with Crippen LogP contribution in [0.1, 0.15) is 57.1 Å². The molecule has 0 fully saturated rings. The number of nitrogens with one attached hydrogen (secondary N) is 2. The van der Waals surface area contributed by atoms with Crippen molar-refractivity contribution in [1.82, 2.24) is 40.6 Å². The highest BCUT2D eigenvalue weighted by Crippen LogP contribution is 2.28. The summed E-state index contributed by atoms with van der Waals surface area (Å²) in [6.07, 6.45) is 1.71. The summed E-state index contributed by atoms with van der Waals surface area (Å²) in [7, 11) is -4.23. The second-order valence-corrected chi connectivity index (χ2v) is 14.0. The van der Waals surface area contributed by atoms with Crippen LogP contribution in [0.15, 0.2) is 66.9 Å². The number of fused-ring (bicyclic) bond motifs is 1. The number of hydrogen-bond acceptors (Lipinski definition) is 11. The van der Waals surface area contributed by atoms with Crippen LogP contribution in [-0.2, 0) is 16.4 Å². The molecule has 3 heterocycles. The van der Waals surface area contributed by atoms with Crippen LogP contribution in [0.3, 0.4) is 0 Å². The summed E-state index contributed by atoms with van der Waals surface area (Å²) in [5.74, 6) is 5.78. The molecule has 0 aliphatic heterocycles. The van der Waals surface area contributed by atoms with E-state index in [-0.39, 0.29) is 34.5 Å². The number of aromatic carboxylic acids is 2. The second-order valence-electron chi connectivity index (χ2n) is 11.7. The first-order chi connectivity index (χ1) is 24.3. The fraction of sp³-hybridized carbons (Fsp3) is 0.147. The molecule has 0 aliphatic rings.